The Bertz CT molecular complexity index is 872. The molecule has 3 N–H and O–H groups in total. The molecule has 0 aromatic rings. The zero-order valence-electron chi connectivity index (χ0n) is 20.0. The van der Waals surface area contributed by atoms with Gasteiger partial charge in [0.2, 0.25) is 7.37 Å². The van der Waals surface area contributed by atoms with Crippen molar-refractivity contribution < 1.29 is 18.3 Å². The molecular formula is C24H37ClFN2O3P. The van der Waals surface area contributed by atoms with Gasteiger partial charge >= 0.3 is 0 Å². The minimum atomic E-state index is -3.59. The molecule has 1 heterocycles. The molecule has 32 heavy (non-hydrogen) atoms. The summed E-state index contributed by atoms with van der Waals surface area (Å²) in [5.74, 6) is -0.970. The molecule has 2 unspecified atom stereocenters. The van der Waals surface area contributed by atoms with Crippen molar-refractivity contribution in [3.05, 3.63) is 70.5 Å². The van der Waals surface area contributed by atoms with Crippen molar-refractivity contribution in [3.8, 4) is 0 Å². The van der Waals surface area contributed by atoms with E-state index in [-0.39, 0.29) is 35.7 Å². The molecule has 5 nitrogen and oxygen atoms in total. The van der Waals surface area contributed by atoms with Crippen LogP contribution in [0.25, 0.3) is 0 Å². The first-order valence-electron chi connectivity index (χ1n) is 10.6. The van der Waals surface area contributed by atoms with Crippen molar-refractivity contribution in [2.45, 2.75) is 53.1 Å². The third kappa shape index (κ3) is 7.91. The van der Waals surface area contributed by atoms with Crippen LogP contribution in [0.3, 0.4) is 0 Å². The number of amides is 1. The average Bonchev–Trinajstić information content (AvgIpc) is 3.18. The number of primary amides is 1. The van der Waals surface area contributed by atoms with Crippen molar-refractivity contribution in [3.63, 3.8) is 0 Å². The summed E-state index contributed by atoms with van der Waals surface area (Å²) in [4.78, 5) is 12.0. The van der Waals surface area contributed by atoms with E-state index < -0.39 is 18.9 Å². The minimum absolute atomic E-state index is 0.0123. The normalized spacial score (nSPS) is 19.4. The summed E-state index contributed by atoms with van der Waals surface area (Å²) in [5.41, 5.74) is 6.28. The highest BCUT2D eigenvalue weighted by atomic mass is 35.5. The molecule has 0 radical (unpaired) electrons. The van der Waals surface area contributed by atoms with E-state index >= 15 is 0 Å². The number of nitrogens with one attached hydrogen (secondary N) is 1. The Morgan fingerprint density at radius 2 is 1.94 bits per heavy atom. The van der Waals surface area contributed by atoms with Crippen LogP contribution >= 0.6 is 19.0 Å². The summed E-state index contributed by atoms with van der Waals surface area (Å²) >= 11 is 6.25. The maximum atomic E-state index is 14.1. The van der Waals surface area contributed by atoms with E-state index in [1.54, 1.807) is 26.0 Å². The molecule has 0 saturated heterocycles. The Hall–Kier alpha value is -1.88. The molecule has 8 heteroatoms. The number of allylic oxidation sites excluding steroid dienone is 7. The highest BCUT2D eigenvalue weighted by Gasteiger charge is 2.41. The molecular weight excluding hydrogens is 450 g/mol. The molecule has 1 aliphatic heterocycles. The van der Waals surface area contributed by atoms with Crippen LogP contribution in [0.5, 0.6) is 0 Å². The lowest BCUT2D eigenvalue weighted by molar-refractivity contribution is -0.114. The monoisotopic (exact) mass is 486 g/mol. The van der Waals surface area contributed by atoms with E-state index in [9.17, 15) is 13.8 Å². The fourth-order valence-corrected chi connectivity index (χ4v) is 5.76. The Morgan fingerprint density at radius 3 is 2.38 bits per heavy atom. The van der Waals surface area contributed by atoms with Crippen LogP contribution in [-0.2, 0) is 13.9 Å². The quantitative estimate of drug-likeness (QED) is 0.204. The lowest BCUT2D eigenvalue weighted by Crippen LogP contribution is -2.23. The van der Waals surface area contributed by atoms with Gasteiger partial charge in [0.1, 0.15) is 5.70 Å². The molecule has 0 saturated carbocycles. The summed E-state index contributed by atoms with van der Waals surface area (Å²) in [6.07, 6.45) is 7.70. The highest BCUT2D eigenvalue weighted by molar-refractivity contribution is 7.64. The largest absolute Gasteiger partial charge is 0.376 e. The van der Waals surface area contributed by atoms with Gasteiger partial charge in [0.25, 0.3) is 5.91 Å². The van der Waals surface area contributed by atoms with Crippen molar-refractivity contribution in [1.29, 1.82) is 0 Å². The maximum absolute atomic E-state index is 14.1. The Labute approximate surface area is 197 Å². The number of rotatable bonds is 10. The first-order chi connectivity index (χ1) is 15.0. The smallest absolute Gasteiger partial charge is 0.265 e. The van der Waals surface area contributed by atoms with Gasteiger partial charge in [0.05, 0.1) is 16.8 Å². The van der Waals surface area contributed by atoms with Gasteiger partial charge in [-0.3, -0.25) is 9.36 Å². The van der Waals surface area contributed by atoms with Gasteiger partial charge in [-0.05, 0) is 49.0 Å². The second-order valence-corrected chi connectivity index (χ2v) is 10.7. The third-order valence-electron chi connectivity index (χ3n) is 4.83. The number of carbonyl (C=O) groups excluding carboxylic acids is 1. The molecule has 0 aromatic heterocycles. The number of halogens is 2. The lowest BCUT2D eigenvalue weighted by Gasteiger charge is -2.25. The summed E-state index contributed by atoms with van der Waals surface area (Å²) < 4.78 is 33.5. The Morgan fingerprint density at radius 1 is 1.34 bits per heavy atom. The number of nitrogens with two attached hydrogens (primary N) is 1. The van der Waals surface area contributed by atoms with Gasteiger partial charge in [0, 0.05) is 18.7 Å². The summed E-state index contributed by atoms with van der Waals surface area (Å²) in [7, 11) is -2.25. The van der Waals surface area contributed by atoms with Crippen molar-refractivity contribution >= 4 is 24.9 Å². The topological polar surface area (TPSA) is 81.4 Å². The maximum Gasteiger partial charge on any atom is 0.265 e. The Balaban J connectivity index is 0.00000466. The zero-order valence-corrected chi connectivity index (χ0v) is 21.7. The minimum Gasteiger partial charge on any atom is -0.376 e. The van der Waals surface area contributed by atoms with Crippen LogP contribution in [0, 0.1) is 5.92 Å². The summed E-state index contributed by atoms with van der Waals surface area (Å²) in [6, 6.07) is 0. The van der Waals surface area contributed by atoms with Crippen molar-refractivity contribution in [2.75, 3.05) is 13.7 Å². The molecule has 0 fully saturated rings. The second-order valence-electron chi connectivity index (χ2n) is 7.39. The fourth-order valence-electron chi connectivity index (χ4n) is 3.14. The molecule has 1 rings (SSSR count). The van der Waals surface area contributed by atoms with Gasteiger partial charge in [-0.25, -0.2) is 4.39 Å². The van der Waals surface area contributed by atoms with Crippen LogP contribution in [-0.4, -0.2) is 25.2 Å². The van der Waals surface area contributed by atoms with Crippen LogP contribution in [0.4, 0.5) is 4.39 Å². The van der Waals surface area contributed by atoms with Gasteiger partial charge < -0.3 is 15.6 Å². The molecule has 0 bridgehead atoms. The van der Waals surface area contributed by atoms with E-state index in [2.05, 4.69) is 18.5 Å². The first kappa shape index (κ1) is 30.1. The number of hydrogen-bond acceptors (Lipinski definition) is 4. The molecule has 1 amide bonds. The van der Waals surface area contributed by atoms with E-state index in [0.29, 0.717) is 16.2 Å². The van der Waals surface area contributed by atoms with Crippen molar-refractivity contribution in [1.82, 2.24) is 5.32 Å². The summed E-state index contributed by atoms with van der Waals surface area (Å²) in [6.45, 7) is 15.5. The molecule has 0 aliphatic carbocycles. The van der Waals surface area contributed by atoms with Crippen LogP contribution in [0.1, 0.15) is 47.5 Å². The third-order valence-corrected chi connectivity index (χ3v) is 8.00. The highest BCUT2D eigenvalue weighted by Crippen LogP contribution is 2.63. The molecule has 0 spiro atoms. The van der Waals surface area contributed by atoms with Gasteiger partial charge in [-0.2, -0.15) is 0 Å². The Kier molecular flexibility index (Phi) is 13.5. The average molecular weight is 487 g/mol. The van der Waals surface area contributed by atoms with Crippen molar-refractivity contribution in [2.24, 2.45) is 11.7 Å². The van der Waals surface area contributed by atoms with E-state index in [1.165, 1.54) is 13.2 Å². The predicted octanol–water partition coefficient (Wildman–Crippen LogP) is 6.71. The second kappa shape index (κ2) is 14.3. The van der Waals surface area contributed by atoms with E-state index in [4.69, 9.17) is 21.9 Å². The first-order valence-corrected chi connectivity index (χ1v) is 12.7. The standard InChI is InChI=1S/C22H33ClFN2O3P.C2H4/c1-7-9-18(23)11-17-13-26-20(22(25)27)21(17)30(28,29-6)15(5)10-16(14(3)4)12-19(24)8-2;1-2/h9-12,14-15,26H,7-8,13H2,1-6H3,(H2,25,27);1-2H2/b16-10+,17-11+,18-9+,19-12+;. The number of carbonyl (C=O) groups is 1. The van der Waals surface area contributed by atoms with E-state index in [1.807, 2.05) is 26.8 Å². The molecule has 0 aromatic carbocycles. The SMILES string of the molecule is C=C.CC/C=C(Cl)\C=C1/CNC(C(N)=O)=C1P(=O)(OC)C(C)/C=C(\C=C(\F)CC)C(C)C. The van der Waals surface area contributed by atoms with E-state index in [0.717, 1.165) is 6.42 Å². The summed E-state index contributed by atoms with van der Waals surface area (Å²) in [5, 5.41) is 3.64. The van der Waals surface area contributed by atoms with Crippen LogP contribution in [0.15, 0.2) is 70.5 Å². The fraction of sp³-hybridized carbons (Fsp3) is 0.458. The number of hydrogen-bond donors (Lipinski definition) is 2. The van der Waals surface area contributed by atoms with Gasteiger partial charge in [-0.15, -0.1) is 13.2 Å². The van der Waals surface area contributed by atoms with Gasteiger partial charge in [0.15, 0.2) is 0 Å². The zero-order chi connectivity index (χ0) is 25.1. The van der Waals surface area contributed by atoms with Crippen LogP contribution < -0.4 is 11.1 Å². The molecule has 180 valence electrons. The predicted molar refractivity (Wildman–Crippen MR) is 134 cm³/mol. The van der Waals surface area contributed by atoms with Crippen LogP contribution in [0.2, 0.25) is 0 Å². The lowest BCUT2D eigenvalue weighted by atomic mass is 10.0. The van der Waals surface area contributed by atoms with Gasteiger partial charge in [-0.1, -0.05) is 51.4 Å². The molecule has 2 atom stereocenters. The molecule has 1 aliphatic rings.